The molecule has 0 saturated heterocycles. The van der Waals surface area contributed by atoms with Gasteiger partial charge in [0.1, 0.15) is 0 Å². The van der Waals surface area contributed by atoms with Gasteiger partial charge in [0.25, 0.3) is 0 Å². The molecule has 6 nitrogen and oxygen atoms in total. The molecule has 0 spiro atoms. The lowest BCUT2D eigenvalue weighted by molar-refractivity contribution is -0.139. The molecule has 0 aromatic heterocycles. The maximum Gasteiger partial charge on any atom is 0.306 e. The van der Waals surface area contributed by atoms with Gasteiger partial charge in [-0.1, -0.05) is 0 Å². The van der Waals surface area contributed by atoms with Gasteiger partial charge in [-0.2, -0.15) is 0 Å². The molecule has 1 atom stereocenters. The van der Waals surface area contributed by atoms with E-state index >= 15 is 0 Å². The summed E-state index contributed by atoms with van der Waals surface area (Å²) in [5.41, 5.74) is 0.345. The Morgan fingerprint density at radius 1 is 1.17 bits per heavy atom. The molecule has 0 aliphatic rings. The normalized spacial score (nSPS) is 11.8. The Hall–Kier alpha value is -1.95. The fourth-order valence-electron chi connectivity index (χ4n) is 1.66. The Morgan fingerprint density at radius 2 is 1.78 bits per heavy atom. The van der Waals surface area contributed by atoms with Crippen LogP contribution in [0, 0.1) is 0 Å². The molecular weight excluding hydrogens is 240 g/mol. The van der Waals surface area contributed by atoms with Gasteiger partial charge in [-0.05, 0) is 12.1 Å². The van der Waals surface area contributed by atoms with Crippen molar-refractivity contribution >= 4 is 5.97 Å². The van der Waals surface area contributed by atoms with Gasteiger partial charge in [0.2, 0.25) is 5.75 Å². The van der Waals surface area contributed by atoms with Crippen molar-refractivity contribution in [2.45, 2.75) is 12.5 Å². The average Bonchev–Trinajstić information content (AvgIpc) is 2.35. The Morgan fingerprint density at radius 3 is 2.22 bits per heavy atom. The van der Waals surface area contributed by atoms with Crippen LogP contribution in [0.3, 0.4) is 0 Å². The third-order valence-electron chi connectivity index (χ3n) is 2.46. The quantitative estimate of drug-likeness (QED) is 0.796. The average molecular weight is 256 g/mol. The predicted molar refractivity (Wildman–Crippen MR) is 63.3 cm³/mol. The summed E-state index contributed by atoms with van der Waals surface area (Å²) in [6.07, 6.45) is -1.58. The van der Waals surface area contributed by atoms with Crippen LogP contribution in [0.1, 0.15) is 18.1 Å². The number of carbonyl (C=O) groups is 1. The maximum atomic E-state index is 10.6. The van der Waals surface area contributed by atoms with E-state index in [1.54, 1.807) is 12.1 Å². The Kier molecular flexibility index (Phi) is 4.79. The number of carboxylic acids is 1. The molecule has 1 rings (SSSR count). The zero-order chi connectivity index (χ0) is 13.7. The second-order valence-electron chi connectivity index (χ2n) is 3.54. The highest BCUT2D eigenvalue weighted by Crippen LogP contribution is 2.42. The molecule has 2 N–H and O–H groups in total. The van der Waals surface area contributed by atoms with E-state index in [4.69, 9.17) is 19.3 Å². The molecule has 1 unspecified atom stereocenters. The molecule has 0 amide bonds. The molecule has 0 bridgehead atoms. The molecule has 1 aromatic rings. The van der Waals surface area contributed by atoms with Crippen LogP contribution in [0.2, 0.25) is 0 Å². The fourth-order valence-corrected chi connectivity index (χ4v) is 1.66. The van der Waals surface area contributed by atoms with Crippen LogP contribution in [0.4, 0.5) is 0 Å². The zero-order valence-corrected chi connectivity index (χ0v) is 10.5. The molecule has 0 aliphatic heterocycles. The minimum absolute atomic E-state index is 0.269. The van der Waals surface area contributed by atoms with Gasteiger partial charge in [0, 0.05) is 5.56 Å². The molecular formula is C12H16O6. The van der Waals surface area contributed by atoms with Crippen molar-refractivity contribution in [3.8, 4) is 17.2 Å². The summed E-state index contributed by atoms with van der Waals surface area (Å²) < 4.78 is 15.4. The first-order valence-corrected chi connectivity index (χ1v) is 5.23. The van der Waals surface area contributed by atoms with Gasteiger partial charge >= 0.3 is 5.97 Å². The van der Waals surface area contributed by atoms with Crippen molar-refractivity contribution in [1.82, 2.24) is 0 Å². The van der Waals surface area contributed by atoms with Crippen LogP contribution in [-0.2, 0) is 4.79 Å². The number of aliphatic hydroxyl groups is 1. The standard InChI is InChI=1S/C12H16O6/c1-16-9-5-4-7(8(13)6-10(14)15)11(17-2)12(9)18-3/h4-5,8,13H,6H2,1-3H3,(H,14,15). The first-order valence-electron chi connectivity index (χ1n) is 5.23. The predicted octanol–water partition coefficient (Wildman–Crippen LogP) is 1.22. The number of methoxy groups -OCH3 is 3. The number of aliphatic hydroxyl groups excluding tert-OH is 1. The molecule has 0 fully saturated rings. The number of benzene rings is 1. The van der Waals surface area contributed by atoms with E-state index in [9.17, 15) is 9.90 Å². The van der Waals surface area contributed by atoms with Gasteiger partial charge in [-0.3, -0.25) is 4.79 Å². The minimum Gasteiger partial charge on any atom is -0.493 e. The van der Waals surface area contributed by atoms with Crippen LogP contribution in [0.15, 0.2) is 12.1 Å². The third-order valence-corrected chi connectivity index (χ3v) is 2.46. The highest BCUT2D eigenvalue weighted by atomic mass is 16.5. The van der Waals surface area contributed by atoms with Gasteiger partial charge < -0.3 is 24.4 Å². The molecule has 0 aliphatic carbocycles. The van der Waals surface area contributed by atoms with Crippen molar-refractivity contribution in [2.24, 2.45) is 0 Å². The summed E-state index contributed by atoms with van der Waals surface area (Å²) >= 11 is 0. The van der Waals surface area contributed by atoms with Crippen LogP contribution in [0.5, 0.6) is 17.2 Å². The second kappa shape index (κ2) is 6.11. The molecule has 0 heterocycles. The van der Waals surface area contributed by atoms with E-state index in [1.807, 2.05) is 0 Å². The van der Waals surface area contributed by atoms with E-state index < -0.39 is 18.5 Å². The van der Waals surface area contributed by atoms with E-state index in [-0.39, 0.29) is 5.75 Å². The molecule has 0 saturated carbocycles. The first-order chi connectivity index (χ1) is 8.54. The van der Waals surface area contributed by atoms with Crippen molar-refractivity contribution < 1.29 is 29.2 Å². The van der Waals surface area contributed by atoms with Crippen molar-refractivity contribution in [3.63, 3.8) is 0 Å². The smallest absolute Gasteiger partial charge is 0.306 e. The van der Waals surface area contributed by atoms with Crippen molar-refractivity contribution in [1.29, 1.82) is 0 Å². The molecule has 6 heteroatoms. The molecule has 1 aromatic carbocycles. The minimum atomic E-state index is -1.17. The summed E-state index contributed by atoms with van der Waals surface area (Å²) in [5, 5.41) is 18.5. The molecule has 100 valence electrons. The van der Waals surface area contributed by atoms with Gasteiger partial charge in [0.15, 0.2) is 11.5 Å². The second-order valence-corrected chi connectivity index (χ2v) is 3.54. The Balaban J connectivity index is 3.23. The summed E-state index contributed by atoms with van der Waals surface area (Å²) in [7, 11) is 4.33. The number of rotatable bonds is 6. The highest BCUT2D eigenvalue weighted by molar-refractivity contribution is 5.68. The van der Waals surface area contributed by atoms with E-state index in [0.29, 0.717) is 17.1 Å². The highest BCUT2D eigenvalue weighted by Gasteiger charge is 2.22. The molecule has 18 heavy (non-hydrogen) atoms. The largest absolute Gasteiger partial charge is 0.493 e. The SMILES string of the molecule is COc1ccc(C(O)CC(=O)O)c(OC)c1OC. The van der Waals surface area contributed by atoms with E-state index in [0.717, 1.165) is 0 Å². The van der Waals surface area contributed by atoms with Crippen LogP contribution < -0.4 is 14.2 Å². The monoisotopic (exact) mass is 256 g/mol. The van der Waals surface area contributed by atoms with Crippen LogP contribution >= 0.6 is 0 Å². The number of hydrogen-bond donors (Lipinski definition) is 2. The number of ether oxygens (including phenoxy) is 3. The van der Waals surface area contributed by atoms with Crippen LogP contribution in [-0.4, -0.2) is 37.5 Å². The number of hydrogen-bond acceptors (Lipinski definition) is 5. The number of aliphatic carboxylic acids is 1. The summed E-state index contributed by atoms with van der Waals surface area (Å²) in [6, 6.07) is 3.13. The maximum absolute atomic E-state index is 10.6. The lowest BCUT2D eigenvalue weighted by Crippen LogP contribution is -2.08. The van der Waals surface area contributed by atoms with Gasteiger partial charge in [-0.25, -0.2) is 0 Å². The lowest BCUT2D eigenvalue weighted by Gasteiger charge is -2.18. The van der Waals surface area contributed by atoms with Crippen molar-refractivity contribution in [2.75, 3.05) is 21.3 Å². The summed E-state index contributed by atoms with van der Waals surface area (Å²) in [5.74, 6) is -0.0625. The van der Waals surface area contributed by atoms with E-state index in [1.165, 1.54) is 21.3 Å². The van der Waals surface area contributed by atoms with Crippen molar-refractivity contribution in [3.05, 3.63) is 17.7 Å². The lowest BCUT2D eigenvalue weighted by atomic mass is 10.0. The summed E-state index contributed by atoms with van der Waals surface area (Å²) in [6.45, 7) is 0. The first kappa shape index (κ1) is 14.1. The molecule has 0 radical (unpaired) electrons. The van der Waals surface area contributed by atoms with E-state index in [2.05, 4.69) is 0 Å². The van der Waals surface area contributed by atoms with Crippen LogP contribution in [0.25, 0.3) is 0 Å². The Bertz CT molecular complexity index is 429. The Labute approximate surface area is 105 Å². The fraction of sp³-hybridized carbons (Fsp3) is 0.417. The topological polar surface area (TPSA) is 85.2 Å². The zero-order valence-electron chi connectivity index (χ0n) is 10.5. The summed E-state index contributed by atoms with van der Waals surface area (Å²) in [4.78, 5) is 10.6. The third kappa shape index (κ3) is 2.84. The van der Waals surface area contributed by atoms with Gasteiger partial charge in [-0.15, -0.1) is 0 Å². The number of carboxylic acid groups (broad SMARTS) is 1. The van der Waals surface area contributed by atoms with Gasteiger partial charge in [0.05, 0.1) is 33.9 Å².